The molecule has 2 fully saturated rings. The molecule has 4 heteroatoms. The third kappa shape index (κ3) is 2.83. The van der Waals surface area contributed by atoms with Gasteiger partial charge < -0.3 is 9.80 Å². The standard InChI is InChI=1S/C18H26N2OS/c21-18(20-11-7-17-15(13-20)8-12-22-17)14-5-9-19(10-6-14)16-3-1-2-4-16/h8,12,14,16H,1-7,9-11,13H2. The van der Waals surface area contributed by atoms with E-state index < -0.39 is 0 Å². The van der Waals surface area contributed by atoms with E-state index >= 15 is 0 Å². The van der Waals surface area contributed by atoms with Gasteiger partial charge in [0.1, 0.15) is 0 Å². The molecule has 2 aliphatic heterocycles. The molecule has 0 atom stereocenters. The summed E-state index contributed by atoms with van der Waals surface area (Å²) in [7, 11) is 0. The molecule has 0 spiro atoms. The lowest BCUT2D eigenvalue weighted by Gasteiger charge is -2.38. The molecule has 0 N–H and O–H groups in total. The van der Waals surface area contributed by atoms with Crippen LogP contribution in [-0.4, -0.2) is 41.4 Å². The van der Waals surface area contributed by atoms with Gasteiger partial charge >= 0.3 is 0 Å². The smallest absolute Gasteiger partial charge is 0.226 e. The van der Waals surface area contributed by atoms with Gasteiger partial charge in [-0.05, 0) is 62.2 Å². The fourth-order valence-corrected chi connectivity index (χ4v) is 5.37. The minimum atomic E-state index is 0.276. The Morgan fingerprint density at radius 2 is 1.86 bits per heavy atom. The van der Waals surface area contributed by atoms with E-state index in [0.717, 1.165) is 51.5 Å². The topological polar surface area (TPSA) is 23.6 Å². The number of fused-ring (bicyclic) bond motifs is 1. The molecule has 0 radical (unpaired) electrons. The largest absolute Gasteiger partial charge is 0.338 e. The lowest BCUT2D eigenvalue weighted by molar-refractivity contribution is -0.138. The van der Waals surface area contributed by atoms with Crippen LogP contribution in [0.5, 0.6) is 0 Å². The van der Waals surface area contributed by atoms with Gasteiger partial charge in [-0.3, -0.25) is 4.79 Å². The summed E-state index contributed by atoms with van der Waals surface area (Å²) in [4.78, 5) is 19.1. The van der Waals surface area contributed by atoms with Gasteiger partial charge in [0.2, 0.25) is 5.91 Å². The quantitative estimate of drug-likeness (QED) is 0.835. The SMILES string of the molecule is O=C(C1CCN(C2CCCC2)CC1)N1CCc2sccc2C1. The molecule has 1 aliphatic carbocycles. The molecule has 120 valence electrons. The zero-order valence-electron chi connectivity index (χ0n) is 13.3. The molecule has 0 bridgehead atoms. The van der Waals surface area contributed by atoms with Crippen LogP contribution in [0.3, 0.4) is 0 Å². The van der Waals surface area contributed by atoms with E-state index in [1.54, 1.807) is 0 Å². The predicted octanol–water partition coefficient (Wildman–Crippen LogP) is 3.29. The molecule has 3 aliphatic rings. The van der Waals surface area contributed by atoms with Gasteiger partial charge in [0, 0.05) is 29.9 Å². The van der Waals surface area contributed by atoms with Gasteiger partial charge in [0.05, 0.1) is 0 Å². The molecule has 3 heterocycles. The van der Waals surface area contributed by atoms with E-state index in [0.29, 0.717) is 5.91 Å². The van der Waals surface area contributed by atoms with Gasteiger partial charge in [0.25, 0.3) is 0 Å². The van der Waals surface area contributed by atoms with Crippen LogP contribution in [0.2, 0.25) is 0 Å². The lowest BCUT2D eigenvalue weighted by Crippen LogP contribution is -2.46. The van der Waals surface area contributed by atoms with Gasteiger partial charge in [-0.25, -0.2) is 0 Å². The highest BCUT2D eigenvalue weighted by Crippen LogP contribution is 2.30. The van der Waals surface area contributed by atoms with Crippen LogP contribution in [0, 0.1) is 5.92 Å². The number of thiophene rings is 1. The number of nitrogens with zero attached hydrogens (tertiary/aromatic N) is 2. The minimum Gasteiger partial charge on any atom is -0.338 e. The maximum absolute atomic E-state index is 12.8. The van der Waals surface area contributed by atoms with Crippen LogP contribution in [0.15, 0.2) is 11.4 Å². The van der Waals surface area contributed by atoms with Crippen molar-refractivity contribution in [1.29, 1.82) is 0 Å². The van der Waals surface area contributed by atoms with Crippen LogP contribution in [0.4, 0.5) is 0 Å². The van der Waals surface area contributed by atoms with Crippen molar-refractivity contribution < 1.29 is 4.79 Å². The number of likely N-dealkylation sites (tertiary alicyclic amines) is 1. The highest BCUT2D eigenvalue weighted by Gasteiger charge is 2.33. The summed E-state index contributed by atoms with van der Waals surface area (Å²) >= 11 is 1.84. The highest BCUT2D eigenvalue weighted by atomic mass is 32.1. The van der Waals surface area contributed by atoms with Crippen LogP contribution in [0.25, 0.3) is 0 Å². The zero-order valence-corrected chi connectivity index (χ0v) is 14.1. The summed E-state index contributed by atoms with van der Waals surface area (Å²) in [6.45, 7) is 4.05. The predicted molar refractivity (Wildman–Crippen MR) is 90.0 cm³/mol. The fraction of sp³-hybridized carbons (Fsp3) is 0.722. The van der Waals surface area contributed by atoms with Crippen molar-refractivity contribution in [1.82, 2.24) is 9.80 Å². The van der Waals surface area contributed by atoms with E-state index in [1.807, 2.05) is 11.3 Å². The normalized spacial score (nSPS) is 24.6. The summed E-state index contributed by atoms with van der Waals surface area (Å²) < 4.78 is 0. The summed E-state index contributed by atoms with van der Waals surface area (Å²) in [5, 5.41) is 2.17. The second-order valence-corrected chi connectivity index (χ2v) is 8.13. The van der Waals surface area contributed by atoms with Crippen LogP contribution in [-0.2, 0) is 17.8 Å². The maximum atomic E-state index is 12.8. The Hall–Kier alpha value is -0.870. The Morgan fingerprint density at radius 1 is 1.09 bits per heavy atom. The second-order valence-electron chi connectivity index (χ2n) is 7.13. The summed E-state index contributed by atoms with van der Waals surface area (Å²) in [6, 6.07) is 3.02. The molecule has 0 unspecified atom stereocenters. The molecular formula is C18H26N2OS. The molecule has 22 heavy (non-hydrogen) atoms. The number of hydrogen-bond acceptors (Lipinski definition) is 3. The number of amides is 1. The van der Waals surface area contributed by atoms with E-state index in [2.05, 4.69) is 21.2 Å². The number of carbonyl (C=O) groups is 1. The number of hydrogen-bond donors (Lipinski definition) is 0. The summed E-state index contributed by atoms with van der Waals surface area (Å²) in [6.07, 6.45) is 8.77. The summed E-state index contributed by atoms with van der Waals surface area (Å²) in [5.74, 6) is 0.695. The Bertz CT molecular complexity index is 527. The van der Waals surface area contributed by atoms with Crippen molar-refractivity contribution in [3.8, 4) is 0 Å². The fourth-order valence-electron chi connectivity index (χ4n) is 4.48. The van der Waals surface area contributed by atoms with Crippen molar-refractivity contribution in [3.63, 3.8) is 0 Å². The van der Waals surface area contributed by atoms with Crippen LogP contribution >= 0.6 is 11.3 Å². The highest BCUT2D eigenvalue weighted by molar-refractivity contribution is 7.10. The number of rotatable bonds is 2. The molecule has 4 rings (SSSR count). The maximum Gasteiger partial charge on any atom is 0.226 e. The first-order chi connectivity index (χ1) is 10.8. The molecule has 1 aromatic heterocycles. The molecule has 1 saturated heterocycles. The second kappa shape index (κ2) is 6.32. The van der Waals surface area contributed by atoms with Crippen molar-refractivity contribution in [3.05, 3.63) is 21.9 Å². The molecule has 1 amide bonds. The summed E-state index contributed by atoms with van der Waals surface area (Å²) in [5.41, 5.74) is 1.38. The number of carbonyl (C=O) groups excluding carboxylic acids is 1. The van der Waals surface area contributed by atoms with E-state index in [1.165, 1.54) is 36.1 Å². The third-order valence-electron chi connectivity index (χ3n) is 5.84. The van der Waals surface area contributed by atoms with Crippen molar-refractivity contribution in [2.75, 3.05) is 19.6 Å². The van der Waals surface area contributed by atoms with Gasteiger partial charge in [-0.2, -0.15) is 0 Å². The van der Waals surface area contributed by atoms with Gasteiger partial charge in [-0.1, -0.05) is 12.8 Å². The first-order valence-electron chi connectivity index (χ1n) is 8.89. The Labute approximate surface area is 137 Å². The Balaban J connectivity index is 1.32. The first kappa shape index (κ1) is 14.7. The molecule has 1 aromatic rings. The molecule has 1 saturated carbocycles. The van der Waals surface area contributed by atoms with Crippen molar-refractivity contribution in [2.45, 2.75) is 57.5 Å². The Morgan fingerprint density at radius 3 is 2.64 bits per heavy atom. The molecular weight excluding hydrogens is 292 g/mol. The molecule has 3 nitrogen and oxygen atoms in total. The lowest BCUT2D eigenvalue weighted by atomic mass is 9.93. The zero-order chi connectivity index (χ0) is 14.9. The average Bonchev–Trinajstić information content (AvgIpc) is 3.25. The van der Waals surface area contributed by atoms with Crippen molar-refractivity contribution >= 4 is 17.2 Å². The van der Waals surface area contributed by atoms with Crippen LogP contribution in [0.1, 0.15) is 49.0 Å². The van der Waals surface area contributed by atoms with E-state index in [-0.39, 0.29) is 5.92 Å². The van der Waals surface area contributed by atoms with Gasteiger partial charge in [0.15, 0.2) is 0 Å². The van der Waals surface area contributed by atoms with E-state index in [4.69, 9.17) is 0 Å². The Kier molecular flexibility index (Phi) is 4.23. The molecule has 0 aromatic carbocycles. The monoisotopic (exact) mass is 318 g/mol. The first-order valence-corrected chi connectivity index (χ1v) is 9.77. The van der Waals surface area contributed by atoms with Crippen LogP contribution < -0.4 is 0 Å². The average molecular weight is 318 g/mol. The minimum absolute atomic E-state index is 0.276. The van der Waals surface area contributed by atoms with E-state index in [9.17, 15) is 4.79 Å². The number of piperidine rings is 1. The van der Waals surface area contributed by atoms with Gasteiger partial charge in [-0.15, -0.1) is 11.3 Å². The van der Waals surface area contributed by atoms with Crippen molar-refractivity contribution in [2.24, 2.45) is 5.92 Å². The third-order valence-corrected chi connectivity index (χ3v) is 6.86.